The van der Waals surface area contributed by atoms with Crippen LogP contribution in [0.25, 0.3) is 0 Å². The number of nitrogens with two attached hydrogens (primary N) is 1. The molecule has 0 aliphatic carbocycles. The van der Waals surface area contributed by atoms with E-state index >= 15 is 0 Å². The van der Waals surface area contributed by atoms with Gasteiger partial charge in [-0.2, -0.15) is 0 Å². The second-order valence-corrected chi connectivity index (χ2v) is 3.21. The summed E-state index contributed by atoms with van der Waals surface area (Å²) in [5.41, 5.74) is 7.83. The predicted molar refractivity (Wildman–Crippen MR) is 52.3 cm³/mol. The highest BCUT2D eigenvalue weighted by Gasteiger charge is 2.03. The molecule has 12 heavy (non-hydrogen) atoms. The van der Waals surface area contributed by atoms with Gasteiger partial charge in [0.25, 0.3) is 0 Å². The minimum atomic E-state index is -0.367. The average Bonchev–Trinajstić information content (AvgIpc) is 2.03. The zero-order valence-electron chi connectivity index (χ0n) is 6.80. The Morgan fingerprint density at radius 2 is 2.25 bits per heavy atom. The van der Waals surface area contributed by atoms with Crippen LogP contribution in [0.5, 0.6) is 0 Å². The lowest BCUT2D eigenvalue weighted by molar-refractivity contribution is 0.0999. The molecule has 1 amide bonds. The molecule has 0 radical (unpaired) electrons. The molecule has 0 saturated heterocycles. The SMILES string of the molecule is Cc1cc(CBr)ccc1C(N)=O. The number of amides is 1. The van der Waals surface area contributed by atoms with Gasteiger partial charge < -0.3 is 5.73 Å². The van der Waals surface area contributed by atoms with Crippen molar-refractivity contribution in [2.45, 2.75) is 12.3 Å². The highest BCUT2D eigenvalue weighted by molar-refractivity contribution is 9.08. The first-order valence-corrected chi connectivity index (χ1v) is 4.72. The van der Waals surface area contributed by atoms with Gasteiger partial charge in [0.05, 0.1) is 0 Å². The first-order valence-electron chi connectivity index (χ1n) is 3.60. The minimum absolute atomic E-state index is 0.367. The van der Waals surface area contributed by atoms with Gasteiger partial charge in [-0.15, -0.1) is 0 Å². The van der Waals surface area contributed by atoms with E-state index in [1.807, 2.05) is 19.1 Å². The van der Waals surface area contributed by atoms with Gasteiger partial charge in [-0.3, -0.25) is 4.79 Å². The summed E-state index contributed by atoms with van der Waals surface area (Å²) in [4.78, 5) is 10.8. The number of aryl methyl sites for hydroxylation is 1. The zero-order valence-corrected chi connectivity index (χ0v) is 8.39. The normalized spacial score (nSPS) is 9.83. The van der Waals surface area contributed by atoms with Crippen LogP contribution in [0, 0.1) is 6.92 Å². The Balaban J connectivity index is 3.12. The number of alkyl halides is 1. The fraction of sp³-hybridized carbons (Fsp3) is 0.222. The molecule has 0 spiro atoms. The number of primary amides is 1. The molecule has 3 heteroatoms. The van der Waals surface area contributed by atoms with Gasteiger partial charge in [0.1, 0.15) is 0 Å². The molecule has 64 valence electrons. The molecule has 0 bridgehead atoms. The van der Waals surface area contributed by atoms with E-state index < -0.39 is 0 Å². The van der Waals surface area contributed by atoms with Crippen LogP contribution in [-0.2, 0) is 5.33 Å². The molecule has 0 saturated carbocycles. The molecule has 1 aromatic carbocycles. The Morgan fingerprint density at radius 1 is 1.58 bits per heavy atom. The number of hydrogen-bond acceptors (Lipinski definition) is 1. The van der Waals surface area contributed by atoms with E-state index in [0.29, 0.717) is 5.56 Å². The third-order valence-corrected chi connectivity index (χ3v) is 2.36. The summed E-state index contributed by atoms with van der Waals surface area (Å²) < 4.78 is 0. The predicted octanol–water partition coefficient (Wildman–Crippen LogP) is 1.99. The highest BCUT2D eigenvalue weighted by atomic mass is 79.9. The van der Waals surface area contributed by atoms with E-state index in [-0.39, 0.29) is 5.91 Å². The lowest BCUT2D eigenvalue weighted by Crippen LogP contribution is -2.12. The number of benzene rings is 1. The summed E-state index contributed by atoms with van der Waals surface area (Å²) in [6, 6.07) is 5.60. The summed E-state index contributed by atoms with van der Waals surface area (Å²) in [5, 5.41) is 0.798. The fourth-order valence-electron chi connectivity index (χ4n) is 1.09. The maximum Gasteiger partial charge on any atom is 0.248 e. The Hall–Kier alpha value is -0.830. The van der Waals surface area contributed by atoms with Gasteiger partial charge in [-0.25, -0.2) is 0 Å². The topological polar surface area (TPSA) is 43.1 Å². The molecule has 1 rings (SSSR count). The lowest BCUT2D eigenvalue weighted by Gasteiger charge is -2.02. The van der Waals surface area contributed by atoms with Crippen LogP contribution in [0.3, 0.4) is 0 Å². The summed E-state index contributed by atoms with van der Waals surface area (Å²) >= 11 is 3.34. The average molecular weight is 228 g/mol. The van der Waals surface area contributed by atoms with E-state index in [2.05, 4.69) is 15.9 Å². The van der Waals surface area contributed by atoms with Crippen LogP contribution in [0.1, 0.15) is 21.5 Å². The van der Waals surface area contributed by atoms with Crippen molar-refractivity contribution in [2.24, 2.45) is 5.73 Å². The highest BCUT2D eigenvalue weighted by Crippen LogP contribution is 2.12. The Bertz CT molecular complexity index is 309. The zero-order chi connectivity index (χ0) is 9.14. The Kier molecular flexibility index (Phi) is 2.87. The number of carbonyl (C=O) groups is 1. The molecule has 0 fully saturated rings. The number of rotatable bonds is 2. The number of halogens is 1. The van der Waals surface area contributed by atoms with Crippen molar-refractivity contribution in [2.75, 3.05) is 0 Å². The Labute approximate surface area is 79.9 Å². The second-order valence-electron chi connectivity index (χ2n) is 2.65. The molecule has 0 unspecified atom stereocenters. The van der Waals surface area contributed by atoms with E-state index in [4.69, 9.17) is 5.73 Å². The van der Waals surface area contributed by atoms with Crippen LogP contribution in [0.15, 0.2) is 18.2 Å². The van der Waals surface area contributed by atoms with Gasteiger partial charge in [0, 0.05) is 10.9 Å². The van der Waals surface area contributed by atoms with Crippen molar-refractivity contribution >= 4 is 21.8 Å². The van der Waals surface area contributed by atoms with Gasteiger partial charge in [-0.05, 0) is 24.1 Å². The quantitative estimate of drug-likeness (QED) is 0.773. The maximum atomic E-state index is 10.8. The van der Waals surface area contributed by atoms with E-state index in [1.165, 1.54) is 0 Å². The van der Waals surface area contributed by atoms with E-state index in [9.17, 15) is 4.79 Å². The van der Waals surface area contributed by atoms with Crippen molar-refractivity contribution in [1.82, 2.24) is 0 Å². The molecule has 0 atom stereocenters. The van der Waals surface area contributed by atoms with Crippen LogP contribution in [0.2, 0.25) is 0 Å². The summed E-state index contributed by atoms with van der Waals surface area (Å²) in [5.74, 6) is -0.367. The summed E-state index contributed by atoms with van der Waals surface area (Å²) in [6.45, 7) is 1.88. The minimum Gasteiger partial charge on any atom is -0.366 e. The van der Waals surface area contributed by atoms with E-state index in [1.54, 1.807) is 6.07 Å². The number of hydrogen-bond donors (Lipinski definition) is 1. The fourth-order valence-corrected chi connectivity index (χ4v) is 1.43. The molecule has 2 nitrogen and oxygen atoms in total. The van der Waals surface area contributed by atoms with Crippen molar-refractivity contribution < 1.29 is 4.79 Å². The maximum absolute atomic E-state index is 10.8. The molecule has 0 aliphatic rings. The molecular weight excluding hydrogens is 218 g/mol. The molecule has 1 aromatic rings. The summed E-state index contributed by atoms with van der Waals surface area (Å²) in [6.07, 6.45) is 0. The third-order valence-electron chi connectivity index (χ3n) is 1.71. The molecule has 0 heterocycles. The molecule has 0 aliphatic heterocycles. The van der Waals surface area contributed by atoms with Crippen molar-refractivity contribution in [3.05, 3.63) is 34.9 Å². The second kappa shape index (κ2) is 3.72. The lowest BCUT2D eigenvalue weighted by atomic mass is 10.1. The van der Waals surface area contributed by atoms with Gasteiger partial charge >= 0.3 is 0 Å². The Morgan fingerprint density at radius 3 is 2.67 bits per heavy atom. The van der Waals surface area contributed by atoms with Crippen molar-refractivity contribution in [1.29, 1.82) is 0 Å². The molecule has 2 N–H and O–H groups in total. The summed E-state index contributed by atoms with van der Waals surface area (Å²) in [7, 11) is 0. The van der Waals surface area contributed by atoms with Crippen LogP contribution in [0.4, 0.5) is 0 Å². The van der Waals surface area contributed by atoms with Crippen LogP contribution in [-0.4, -0.2) is 5.91 Å². The van der Waals surface area contributed by atoms with Crippen molar-refractivity contribution in [3.63, 3.8) is 0 Å². The van der Waals surface area contributed by atoms with Crippen LogP contribution >= 0.6 is 15.9 Å². The van der Waals surface area contributed by atoms with Gasteiger partial charge in [-0.1, -0.05) is 28.1 Å². The number of carbonyl (C=O) groups excluding carboxylic acids is 1. The van der Waals surface area contributed by atoms with Gasteiger partial charge in [0.15, 0.2) is 0 Å². The van der Waals surface area contributed by atoms with Crippen LogP contribution < -0.4 is 5.73 Å². The molecular formula is C9H10BrNO. The molecule has 0 aromatic heterocycles. The standard InChI is InChI=1S/C9H10BrNO/c1-6-4-7(5-10)2-3-8(6)9(11)12/h2-4H,5H2,1H3,(H2,11,12). The van der Waals surface area contributed by atoms with Crippen molar-refractivity contribution in [3.8, 4) is 0 Å². The smallest absolute Gasteiger partial charge is 0.248 e. The third kappa shape index (κ3) is 1.85. The first-order chi connectivity index (χ1) is 5.65. The largest absolute Gasteiger partial charge is 0.366 e. The van der Waals surface area contributed by atoms with E-state index in [0.717, 1.165) is 16.5 Å². The first kappa shape index (κ1) is 9.26. The monoisotopic (exact) mass is 227 g/mol. The van der Waals surface area contributed by atoms with Gasteiger partial charge in [0.2, 0.25) is 5.91 Å².